The molecule has 1 saturated heterocycles. The minimum absolute atomic E-state index is 0.125. The lowest BCUT2D eigenvalue weighted by molar-refractivity contribution is 0.0683. The molecule has 19 heavy (non-hydrogen) atoms. The molecule has 0 saturated carbocycles. The Kier molecular flexibility index (Phi) is 3.14. The Morgan fingerprint density at radius 3 is 3.16 bits per heavy atom. The highest BCUT2D eigenvalue weighted by molar-refractivity contribution is 7.22. The van der Waals surface area contributed by atoms with E-state index in [-0.39, 0.29) is 5.91 Å². The molecule has 1 aliphatic rings. The number of amides is 1. The van der Waals surface area contributed by atoms with Crippen LogP contribution in [0.25, 0.3) is 10.2 Å². The van der Waals surface area contributed by atoms with Crippen LogP contribution in [0.1, 0.15) is 30.1 Å². The summed E-state index contributed by atoms with van der Waals surface area (Å²) in [5.74, 6) is 0.723. The Morgan fingerprint density at radius 1 is 1.53 bits per heavy atom. The average Bonchev–Trinajstić information content (AvgIpc) is 2.76. The lowest BCUT2D eigenvalue weighted by atomic mass is 9.99. The monoisotopic (exact) mass is 275 g/mol. The molecule has 2 heterocycles. The summed E-state index contributed by atoms with van der Waals surface area (Å²) >= 11 is 1.43. The quantitative estimate of drug-likeness (QED) is 0.870. The Labute approximate surface area is 116 Å². The minimum atomic E-state index is 0.125. The minimum Gasteiger partial charge on any atom is -0.375 e. The summed E-state index contributed by atoms with van der Waals surface area (Å²) in [6, 6.07) is 5.64. The summed E-state index contributed by atoms with van der Waals surface area (Å²) in [5.41, 5.74) is 7.30. The molecular weight excluding hydrogens is 258 g/mol. The van der Waals surface area contributed by atoms with Crippen molar-refractivity contribution in [3.8, 4) is 0 Å². The van der Waals surface area contributed by atoms with Crippen LogP contribution in [-0.2, 0) is 0 Å². The maximum absolute atomic E-state index is 12.5. The maximum Gasteiger partial charge on any atom is 0.253 e. The summed E-state index contributed by atoms with van der Waals surface area (Å²) in [5, 5.41) is 0.547. The molecule has 1 atom stereocenters. The maximum atomic E-state index is 12.5. The molecule has 0 radical (unpaired) electrons. The zero-order chi connectivity index (χ0) is 13.4. The van der Waals surface area contributed by atoms with Crippen molar-refractivity contribution >= 4 is 32.6 Å². The summed E-state index contributed by atoms with van der Waals surface area (Å²) in [6.07, 6.45) is 2.32. The van der Waals surface area contributed by atoms with Crippen molar-refractivity contribution < 1.29 is 4.79 Å². The first kappa shape index (κ1) is 12.4. The molecule has 1 aromatic heterocycles. The number of nitrogen functional groups attached to an aromatic ring is 1. The van der Waals surface area contributed by atoms with Gasteiger partial charge in [0.2, 0.25) is 0 Å². The summed E-state index contributed by atoms with van der Waals surface area (Å²) in [7, 11) is 0. The number of fused-ring (bicyclic) bond motifs is 1. The number of likely N-dealkylation sites (tertiary alicyclic amines) is 1. The van der Waals surface area contributed by atoms with E-state index in [4.69, 9.17) is 5.73 Å². The van der Waals surface area contributed by atoms with Crippen LogP contribution in [0.3, 0.4) is 0 Å². The highest BCUT2D eigenvalue weighted by Crippen LogP contribution is 2.26. The van der Waals surface area contributed by atoms with Gasteiger partial charge in [0.1, 0.15) is 0 Å². The lowest BCUT2D eigenvalue weighted by Gasteiger charge is -2.31. The fourth-order valence-electron chi connectivity index (χ4n) is 2.63. The van der Waals surface area contributed by atoms with Gasteiger partial charge in [0.05, 0.1) is 10.2 Å². The lowest BCUT2D eigenvalue weighted by Crippen LogP contribution is -2.39. The molecule has 100 valence electrons. The molecule has 2 N–H and O–H groups in total. The number of nitrogens with two attached hydrogens (primary N) is 1. The first-order valence-electron chi connectivity index (χ1n) is 6.59. The Hall–Kier alpha value is -1.62. The van der Waals surface area contributed by atoms with Crippen molar-refractivity contribution in [3.05, 3.63) is 23.8 Å². The Balaban J connectivity index is 1.88. The molecule has 0 bridgehead atoms. The number of anilines is 1. The molecule has 1 fully saturated rings. The number of carbonyl (C=O) groups excluding carboxylic acids is 1. The van der Waals surface area contributed by atoms with Gasteiger partial charge in [0.15, 0.2) is 5.13 Å². The molecule has 1 aromatic carbocycles. The fraction of sp³-hybridized carbons (Fsp3) is 0.429. The van der Waals surface area contributed by atoms with Crippen molar-refractivity contribution in [3.63, 3.8) is 0 Å². The van der Waals surface area contributed by atoms with Crippen LogP contribution in [0.5, 0.6) is 0 Å². The Morgan fingerprint density at radius 2 is 2.37 bits per heavy atom. The van der Waals surface area contributed by atoms with E-state index >= 15 is 0 Å². The van der Waals surface area contributed by atoms with E-state index in [1.165, 1.54) is 17.8 Å². The predicted molar refractivity (Wildman–Crippen MR) is 78.3 cm³/mol. The highest BCUT2D eigenvalue weighted by atomic mass is 32.1. The molecule has 0 aliphatic carbocycles. The van der Waals surface area contributed by atoms with E-state index in [1.54, 1.807) is 0 Å². The fourth-order valence-corrected chi connectivity index (χ4v) is 3.41. The summed E-state index contributed by atoms with van der Waals surface area (Å²) < 4.78 is 0.980. The molecule has 1 amide bonds. The topological polar surface area (TPSA) is 59.2 Å². The normalized spacial score (nSPS) is 19.8. The number of hydrogen-bond donors (Lipinski definition) is 1. The molecule has 1 aliphatic heterocycles. The van der Waals surface area contributed by atoms with Crippen LogP contribution < -0.4 is 5.73 Å². The second-order valence-corrected chi connectivity index (χ2v) is 6.30. The number of benzene rings is 1. The van der Waals surface area contributed by atoms with Gasteiger partial charge < -0.3 is 10.6 Å². The van der Waals surface area contributed by atoms with Gasteiger partial charge in [-0.3, -0.25) is 4.79 Å². The van der Waals surface area contributed by atoms with E-state index in [9.17, 15) is 4.79 Å². The van der Waals surface area contributed by atoms with Crippen molar-refractivity contribution in [1.82, 2.24) is 9.88 Å². The van der Waals surface area contributed by atoms with Gasteiger partial charge in [0.25, 0.3) is 5.91 Å². The van der Waals surface area contributed by atoms with E-state index in [1.807, 2.05) is 23.1 Å². The highest BCUT2D eigenvalue weighted by Gasteiger charge is 2.22. The molecule has 4 nitrogen and oxygen atoms in total. The van der Waals surface area contributed by atoms with Crippen molar-refractivity contribution in [2.24, 2.45) is 5.92 Å². The Bertz CT molecular complexity index is 622. The average molecular weight is 275 g/mol. The summed E-state index contributed by atoms with van der Waals surface area (Å²) in [6.45, 7) is 3.93. The molecule has 3 rings (SSSR count). The van der Waals surface area contributed by atoms with Crippen LogP contribution in [0.2, 0.25) is 0 Å². The van der Waals surface area contributed by atoms with Gasteiger partial charge in [0, 0.05) is 18.7 Å². The standard InChI is InChI=1S/C14H17N3OS/c1-9-3-2-6-17(8-9)13(18)10-4-5-11-12(7-10)19-14(15)16-11/h4-5,7,9H,2-3,6,8H2,1H3,(H2,15,16)/t9-/m1/s1. The van der Waals surface area contributed by atoms with E-state index < -0.39 is 0 Å². The number of rotatable bonds is 1. The molecule has 0 spiro atoms. The first-order valence-corrected chi connectivity index (χ1v) is 7.40. The second-order valence-electron chi connectivity index (χ2n) is 5.23. The van der Waals surface area contributed by atoms with Crippen molar-refractivity contribution in [2.45, 2.75) is 19.8 Å². The van der Waals surface area contributed by atoms with Crippen molar-refractivity contribution in [1.29, 1.82) is 0 Å². The van der Waals surface area contributed by atoms with Gasteiger partial charge in [-0.15, -0.1) is 0 Å². The first-order chi connectivity index (χ1) is 9.13. The van der Waals surface area contributed by atoms with Crippen LogP contribution in [0.4, 0.5) is 5.13 Å². The van der Waals surface area contributed by atoms with E-state index in [2.05, 4.69) is 11.9 Å². The third-order valence-corrected chi connectivity index (χ3v) is 4.44. The van der Waals surface area contributed by atoms with Gasteiger partial charge in [-0.05, 0) is 37.0 Å². The number of carbonyl (C=O) groups is 1. The molecule has 5 heteroatoms. The largest absolute Gasteiger partial charge is 0.375 e. The molecular formula is C14H17N3OS. The SMILES string of the molecule is C[C@@H]1CCCN(C(=O)c2ccc3nc(N)sc3c2)C1. The van der Waals surface area contributed by atoms with Gasteiger partial charge in [-0.2, -0.15) is 0 Å². The third-order valence-electron chi connectivity index (χ3n) is 3.60. The number of nitrogens with zero attached hydrogens (tertiary/aromatic N) is 2. The van der Waals surface area contributed by atoms with Crippen molar-refractivity contribution in [2.75, 3.05) is 18.8 Å². The summed E-state index contributed by atoms with van der Waals surface area (Å²) in [4.78, 5) is 18.6. The van der Waals surface area contributed by atoms with Crippen LogP contribution in [0, 0.1) is 5.92 Å². The van der Waals surface area contributed by atoms with E-state index in [0.29, 0.717) is 11.0 Å². The van der Waals surface area contributed by atoms with Crippen LogP contribution in [0.15, 0.2) is 18.2 Å². The third kappa shape index (κ3) is 2.42. The second kappa shape index (κ2) is 4.81. The zero-order valence-electron chi connectivity index (χ0n) is 10.9. The van der Waals surface area contributed by atoms with Crippen LogP contribution >= 0.6 is 11.3 Å². The number of piperidine rings is 1. The molecule has 2 aromatic rings. The van der Waals surface area contributed by atoms with Gasteiger partial charge >= 0.3 is 0 Å². The van der Waals surface area contributed by atoms with Gasteiger partial charge in [-0.1, -0.05) is 18.3 Å². The number of hydrogen-bond acceptors (Lipinski definition) is 4. The molecule has 0 unspecified atom stereocenters. The van der Waals surface area contributed by atoms with Gasteiger partial charge in [-0.25, -0.2) is 4.98 Å². The van der Waals surface area contributed by atoms with E-state index in [0.717, 1.165) is 35.3 Å². The predicted octanol–water partition coefficient (Wildman–Crippen LogP) is 2.75. The smallest absolute Gasteiger partial charge is 0.253 e. The number of thiazole rings is 1. The van der Waals surface area contributed by atoms with Crippen LogP contribution in [-0.4, -0.2) is 28.9 Å². The number of aromatic nitrogens is 1. The zero-order valence-corrected chi connectivity index (χ0v) is 11.7.